The van der Waals surface area contributed by atoms with Gasteiger partial charge in [0.25, 0.3) is 0 Å². The minimum atomic E-state index is -0.654. The van der Waals surface area contributed by atoms with E-state index >= 15 is 0 Å². The lowest BCUT2D eigenvalue weighted by molar-refractivity contribution is -0.278. The van der Waals surface area contributed by atoms with Gasteiger partial charge < -0.3 is 19.7 Å². The second-order valence-electron chi connectivity index (χ2n) is 13.9. The number of aliphatic hydroxyl groups is 2. The second kappa shape index (κ2) is 14.0. The summed E-state index contributed by atoms with van der Waals surface area (Å²) in [5, 5.41) is 24.7. The topological polar surface area (TPSA) is 83.9 Å². The van der Waals surface area contributed by atoms with Crippen LogP contribution in [0.5, 0.6) is 0 Å². The van der Waals surface area contributed by atoms with Gasteiger partial charge >= 0.3 is 0 Å². The van der Waals surface area contributed by atoms with E-state index in [-0.39, 0.29) is 48.3 Å². The Morgan fingerprint density at radius 3 is 1.32 bits per heavy atom. The standard InChI is InChI=1S/C30H60N2O6/c1-23-13-15-31(29(7,8)27(23,3)4)37-21-25(33)19-35-17-11-12-18-36-20-26(34)22-38-32-16-14-24(2)28(5,6)30(32,9)10/h23-26,33-34H,11-22H2,1-10H3. The molecule has 2 rings (SSSR count). The molecule has 0 amide bonds. The van der Waals surface area contributed by atoms with E-state index < -0.39 is 12.2 Å². The smallest absolute Gasteiger partial charge is 0.103 e. The molecule has 0 bridgehead atoms. The summed E-state index contributed by atoms with van der Waals surface area (Å²) >= 11 is 0. The Hall–Kier alpha value is -0.320. The van der Waals surface area contributed by atoms with Gasteiger partial charge in [-0.2, -0.15) is 10.1 Å². The maximum atomic E-state index is 10.3. The molecule has 0 radical (unpaired) electrons. The van der Waals surface area contributed by atoms with Gasteiger partial charge in [-0.25, -0.2) is 0 Å². The third kappa shape index (κ3) is 8.12. The van der Waals surface area contributed by atoms with Crippen LogP contribution in [-0.2, 0) is 19.1 Å². The van der Waals surface area contributed by atoms with Crippen LogP contribution in [-0.4, -0.2) is 96.4 Å². The van der Waals surface area contributed by atoms with Crippen LogP contribution >= 0.6 is 0 Å². The molecule has 8 nitrogen and oxygen atoms in total. The number of hydrogen-bond donors (Lipinski definition) is 2. The normalized spacial score (nSPS) is 28.7. The number of ether oxygens (including phenoxy) is 2. The van der Waals surface area contributed by atoms with Crippen LogP contribution in [0.3, 0.4) is 0 Å². The van der Waals surface area contributed by atoms with Crippen LogP contribution in [0, 0.1) is 22.7 Å². The first-order valence-corrected chi connectivity index (χ1v) is 14.9. The van der Waals surface area contributed by atoms with Crippen molar-refractivity contribution in [2.45, 2.75) is 118 Å². The van der Waals surface area contributed by atoms with Crippen molar-refractivity contribution in [1.29, 1.82) is 0 Å². The molecular formula is C30H60N2O6. The highest BCUT2D eigenvalue weighted by Crippen LogP contribution is 2.48. The third-order valence-electron chi connectivity index (χ3n) is 10.7. The lowest BCUT2D eigenvalue weighted by atomic mass is 9.63. The van der Waals surface area contributed by atoms with Crippen LogP contribution in [0.4, 0.5) is 0 Å². The second-order valence-corrected chi connectivity index (χ2v) is 13.9. The fourth-order valence-corrected chi connectivity index (χ4v) is 5.50. The van der Waals surface area contributed by atoms with E-state index in [0.29, 0.717) is 25.0 Å². The van der Waals surface area contributed by atoms with Gasteiger partial charge in [-0.3, -0.25) is 9.68 Å². The summed E-state index contributed by atoms with van der Waals surface area (Å²) in [7, 11) is 0. The van der Waals surface area contributed by atoms with Gasteiger partial charge in [0.05, 0.1) is 26.4 Å². The first-order chi connectivity index (χ1) is 17.5. The molecule has 0 aliphatic carbocycles. The first kappa shape index (κ1) is 33.9. The van der Waals surface area contributed by atoms with Crippen molar-refractivity contribution in [2.75, 3.05) is 52.7 Å². The van der Waals surface area contributed by atoms with Crippen molar-refractivity contribution in [3.8, 4) is 0 Å². The van der Waals surface area contributed by atoms with Crippen molar-refractivity contribution in [1.82, 2.24) is 10.1 Å². The predicted octanol–water partition coefficient (Wildman–Crippen LogP) is 4.68. The highest BCUT2D eigenvalue weighted by molar-refractivity contribution is 5.00. The van der Waals surface area contributed by atoms with Gasteiger partial charge in [0, 0.05) is 37.4 Å². The summed E-state index contributed by atoms with van der Waals surface area (Å²) in [5.74, 6) is 1.24. The highest BCUT2D eigenvalue weighted by Gasteiger charge is 2.50. The SMILES string of the molecule is CC1CCN(OCC(O)COCCCCOCC(O)CON2CCC(C)C(C)(C)C2(C)C)C(C)(C)C1(C)C. The van der Waals surface area contributed by atoms with Gasteiger partial charge in [0.15, 0.2) is 0 Å². The van der Waals surface area contributed by atoms with Crippen LogP contribution in [0.1, 0.15) is 94.9 Å². The summed E-state index contributed by atoms with van der Waals surface area (Å²) < 4.78 is 11.3. The molecule has 2 fully saturated rings. The Balaban J connectivity index is 1.51. The molecule has 0 aromatic heterocycles. The Morgan fingerprint density at radius 1 is 0.632 bits per heavy atom. The van der Waals surface area contributed by atoms with Crippen molar-refractivity contribution in [3.05, 3.63) is 0 Å². The fraction of sp³-hybridized carbons (Fsp3) is 1.00. The number of piperidine rings is 2. The Labute approximate surface area is 233 Å². The molecule has 226 valence electrons. The van der Waals surface area contributed by atoms with E-state index in [1.54, 1.807) is 0 Å². The molecule has 0 spiro atoms. The summed E-state index contributed by atoms with van der Waals surface area (Å²) in [6, 6.07) is 0. The van der Waals surface area contributed by atoms with Gasteiger partial charge in [-0.15, -0.1) is 0 Å². The lowest BCUT2D eigenvalue weighted by Gasteiger charge is -2.55. The van der Waals surface area contributed by atoms with Crippen LogP contribution < -0.4 is 0 Å². The quantitative estimate of drug-likeness (QED) is 0.288. The van der Waals surface area contributed by atoms with E-state index in [2.05, 4.69) is 69.2 Å². The molecule has 2 aliphatic heterocycles. The van der Waals surface area contributed by atoms with Gasteiger partial charge in [0.1, 0.15) is 12.2 Å². The number of aliphatic hydroxyl groups excluding tert-OH is 2. The highest BCUT2D eigenvalue weighted by atomic mass is 16.7. The van der Waals surface area contributed by atoms with E-state index in [0.717, 1.165) is 38.8 Å². The van der Waals surface area contributed by atoms with Crippen molar-refractivity contribution in [3.63, 3.8) is 0 Å². The zero-order valence-electron chi connectivity index (χ0n) is 26.2. The number of rotatable bonds is 15. The Kier molecular flexibility index (Phi) is 12.5. The van der Waals surface area contributed by atoms with Crippen LogP contribution in [0.15, 0.2) is 0 Å². The van der Waals surface area contributed by atoms with Gasteiger partial charge in [0.2, 0.25) is 0 Å². The van der Waals surface area contributed by atoms with Crippen molar-refractivity contribution >= 4 is 0 Å². The minimum Gasteiger partial charge on any atom is -0.388 e. The van der Waals surface area contributed by atoms with E-state index in [4.69, 9.17) is 19.1 Å². The predicted molar refractivity (Wildman–Crippen MR) is 151 cm³/mol. The van der Waals surface area contributed by atoms with Crippen molar-refractivity contribution in [2.24, 2.45) is 22.7 Å². The van der Waals surface area contributed by atoms with Gasteiger partial charge in [-0.1, -0.05) is 41.5 Å². The molecule has 2 saturated heterocycles. The molecule has 0 saturated carbocycles. The minimum absolute atomic E-state index is 0.106. The molecule has 38 heavy (non-hydrogen) atoms. The average Bonchev–Trinajstić information content (AvgIpc) is 2.82. The number of unbranched alkanes of at least 4 members (excludes halogenated alkanes) is 1. The molecule has 0 aromatic rings. The largest absolute Gasteiger partial charge is 0.388 e. The molecule has 4 unspecified atom stereocenters. The molecule has 0 aromatic carbocycles. The van der Waals surface area contributed by atoms with Gasteiger partial charge in [-0.05, 0) is 76.0 Å². The lowest BCUT2D eigenvalue weighted by Crippen LogP contribution is -2.60. The fourth-order valence-electron chi connectivity index (χ4n) is 5.50. The first-order valence-electron chi connectivity index (χ1n) is 14.9. The molecule has 2 heterocycles. The monoisotopic (exact) mass is 544 g/mol. The molecule has 2 aliphatic rings. The summed E-state index contributed by atoms with van der Waals surface area (Å²) in [4.78, 5) is 12.0. The van der Waals surface area contributed by atoms with Crippen LogP contribution in [0.2, 0.25) is 0 Å². The van der Waals surface area contributed by atoms with Crippen LogP contribution in [0.25, 0.3) is 0 Å². The number of hydrogen-bond acceptors (Lipinski definition) is 8. The summed E-state index contributed by atoms with van der Waals surface area (Å²) in [6.45, 7) is 26.5. The molecule has 4 atom stereocenters. The Bertz CT molecular complexity index is 640. The number of nitrogens with zero attached hydrogens (tertiary/aromatic N) is 2. The van der Waals surface area contributed by atoms with E-state index in [1.807, 2.05) is 10.1 Å². The summed E-state index contributed by atoms with van der Waals surface area (Å²) in [6.07, 6.45) is 2.53. The maximum Gasteiger partial charge on any atom is 0.103 e. The summed E-state index contributed by atoms with van der Waals surface area (Å²) in [5.41, 5.74) is 0.0333. The third-order valence-corrected chi connectivity index (χ3v) is 10.7. The molecular weight excluding hydrogens is 484 g/mol. The van der Waals surface area contributed by atoms with E-state index in [9.17, 15) is 10.2 Å². The van der Waals surface area contributed by atoms with E-state index in [1.165, 1.54) is 0 Å². The number of hydroxylamine groups is 4. The molecule has 8 heteroatoms. The van der Waals surface area contributed by atoms with Crippen molar-refractivity contribution < 1.29 is 29.4 Å². The average molecular weight is 545 g/mol. The maximum absolute atomic E-state index is 10.3. The molecule has 2 N–H and O–H groups in total. The zero-order chi connectivity index (χ0) is 28.8. The zero-order valence-corrected chi connectivity index (χ0v) is 26.2. The Morgan fingerprint density at radius 2 is 0.974 bits per heavy atom.